The van der Waals surface area contributed by atoms with Gasteiger partial charge in [0.1, 0.15) is 18.1 Å². The largest absolute Gasteiger partial charge is 0.485 e. The molecular formula is C28H20F5N3O3. The Bertz CT molecular complexity index is 1690. The van der Waals surface area contributed by atoms with Crippen molar-refractivity contribution >= 4 is 22.4 Å². The first kappa shape index (κ1) is 26.0. The van der Waals surface area contributed by atoms with Crippen LogP contribution in [0.4, 0.5) is 27.6 Å². The summed E-state index contributed by atoms with van der Waals surface area (Å²) in [5, 5.41) is 8.65. The third kappa shape index (κ3) is 4.83. The number of nitrogens with zero attached hydrogens (tertiary/aromatic N) is 2. The molecule has 2 aromatic heterocycles. The molecule has 39 heavy (non-hydrogen) atoms. The summed E-state index contributed by atoms with van der Waals surface area (Å²) < 4.78 is 81.4. The monoisotopic (exact) mass is 541 g/mol. The van der Waals surface area contributed by atoms with E-state index in [4.69, 9.17) is 9.15 Å². The molecule has 5 aromatic rings. The molecule has 0 unspecified atom stereocenters. The van der Waals surface area contributed by atoms with Crippen LogP contribution in [-0.4, -0.2) is 15.7 Å². The van der Waals surface area contributed by atoms with Gasteiger partial charge >= 0.3 is 0 Å². The van der Waals surface area contributed by atoms with Crippen LogP contribution in [0.5, 0.6) is 5.75 Å². The maximum Gasteiger partial charge on any atom is 0.291 e. The topological polar surface area (TPSA) is 69.3 Å². The predicted octanol–water partition coefficient (Wildman–Crippen LogP) is 6.82. The molecule has 0 radical (unpaired) electrons. The van der Waals surface area contributed by atoms with Gasteiger partial charge in [0.25, 0.3) is 5.91 Å². The molecule has 1 amide bonds. The number of aryl methyl sites for hydroxylation is 1. The van der Waals surface area contributed by atoms with E-state index in [1.54, 1.807) is 6.07 Å². The van der Waals surface area contributed by atoms with Crippen LogP contribution in [0.3, 0.4) is 0 Å². The van der Waals surface area contributed by atoms with Gasteiger partial charge in [-0.3, -0.25) is 9.48 Å². The van der Waals surface area contributed by atoms with Gasteiger partial charge in [-0.05, 0) is 37.4 Å². The third-order valence-electron chi connectivity index (χ3n) is 6.23. The Labute approximate surface area is 218 Å². The number of hydrogen-bond donors (Lipinski definition) is 1. The number of carbonyl (C=O) groups is 1. The maximum absolute atomic E-state index is 14.2. The number of furan rings is 1. The van der Waals surface area contributed by atoms with Gasteiger partial charge in [0.2, 0.25) is 5.82 Å². The van der Waals surface area contributed by atoms with E-state index in [-0.39, 0.29) is 29.4 Å². The third-order valence-corrected chi connectivity index (χ3v) is 6.23. The lowest BCUT2D eigenvalue weighted by Gasteiger charge is -2.10. The Morgan fingerprint density at radius 1 is 0.897 bits per heavy atom. The van der Waals surface area contributed by atoms with Crippen molar-refractivity contribution in [2.24, 2.45) is 0 Å². The van der Waals surface area contributed by atoms with Gasteiger partial charge in [0.15, 0.2) is 29.0 Å². The number of hydrogen-bond acceptors (Lipinski definition) is 4. The zero-order valence-electron chi connectivity index (χ0n) is 20.6. The number of ether oxygens (including phenoxy) is 1. The second-order valence-electron chi connectivity index (χ2n) is 8.74. The smallest absolute Gasteiger partial charge is 0.291 e. The number of anilines is 1. The van der Waals surface area contributed by atoms with Crippen LogP contribution in [0.1, 0.15) is 33.3 Å². The van der Waals surface area contributed by atoms with E-state index < -0.39 is 47.1 Å². The maximum atomic E-state index is 14.2. The van der Waals surface area contributed by atoms with E-state index in [9.17, 15) is 26.7 Å². The molecule has 0 aliphatic heterocycles. The van der Waals surface area contributed by atoms with Gasteiger partial charge < -0.3 is 14.5 Å². The average molecular weight is 541 g/mol. The molecule has 0 aliphatic rings. The molecular weight excluding hydrogens is 521 g/mol. The zero-order valence-corrected chi connectivity index (χ0v) is 20.6. The summed E-state index contributed by atoms with van der Waals surface area (Å²) in [6, 6.07) is 16.4. The Balaban J connectivity index is 1.30. The lowest BCUT2D eigenvalue weighted by Crippen LogP contribution is -2.14. The first-order valence-corrected chi connectivity index (χ1v) is 11.7. The molecule has 1 N–H and O–H groups in total. The Morgan fingerprint density at radius 3 is 2.31 bits per heavy atom. The first-order valence-electron chi connectivity index (χ1n) is 11.7. The Hall–Kier alpha value is -4.67. The molecule has 0 fully saturated rings. The molecule has 2 heterocycles. The minimum atomic E-state index is -2.24. The van der Waals surface area contributed by atoms with Crippen LogP contribution in [-0.2, 0) is 13.2 Å². The zero-order chi connectivity index (χ0) is 27.8. The lowest BCUT2D eigenvalue weighted by molar-refractivity contribution is 0.0992. The second kappa shape index (κ2) is 10.2. The van der Waals surface area contributed by atoms with Crippen molar-refractivity contribution in [2.45, 2.75) is 27.0 Å². The number of aromatic nitrogens is 2. The van der Waals surface area contributed by atoms with Crippen molar-refractivity contribution in [3.8, 4) is 5.75 Å². The molecule has 200 valence electrons. The minimum absolute atomic E-state index is 0.0298. The molecule has 5 rings (SSSR count). The molecule has 0 atom stereocenters. The van der Waals surface area contributed by atoms with Crippen LogP contribution in [0, 0.1) is 42.9 Å². The Kier molecular flexibility index (Phi) is 6.81. The van der Waals surface area contributed by atoms with Gasteiger partial charge in [0, 0.05) is 5.39 Å². The molecule has 0 aliphatic carbocycles. The van der Waals surface area contributed by atoms with Crippen molar-refractivity contribution in [1.29, 1.82) is 0 Å². The molecule has 0 spiro atoms. The van der Waals surface area contributed by atoms with Crippen molar-refractivity contribution in [3.05, 3.63) is 112 Å². The highest BCUT2D eigenvalue weighted by Gasteiger charge is 2.27. The van der Waals surface area contributed by atoms with Crippen LogP contribution >= 0.6 is 0 Å². The number of nitrogens with one attached hydrogen (secondary N) is 1. The predicted molar refractivity (Wildman–Crippen MR) is 132 cm³/mol. The average Bonchev–Trinajstić information content (AvgIpc) is 3.52. The fourth-order valence-electron chi connectivity index (χ4n) is 4.19. The fraction of sp³-hybridized carbons (Fsp3) is 0.143. The lowest BCUT2D eigenvalue weighted by atomic mass is 10.1. The summed E-state index contributed by atoms with van der Waals surface area (Å²) in [7, 11) is 0. The summed E-state index contributed by atoms with van der Waals surface area (Å²) in [6.07, 6.45) is 0. The van der Waals surface area contributed by atoms with Crippen LogP contribution < -0.4 is 10.1 Å². The highest BCUT2D eigenvalue weighted by Crippen LogP contribution is 2.28. The van der Waals surface area contributed by atoms with E-state index in [2.05, 4.69) is 10.4 Å². The van der Waals surface area contributed by atoms with Gasteiger partial charge in [-0.25, -0.2) is 22.0 Å². The van der Waals surface area contributed by atoms with Crippen LogP contribution in [0.2, 0.25) is 0 Å². The van der Waals surface area contributed by atoms with Crippen molar-refractivity contribution in [3.63, 3.8) is 0 Å². The molecule has 3 aromatic carbocycles. The Morgan fingerprint density at radius 2 is 1.56 bits per heavy atom. The van der Waals surface area contributed by atoms with Crippen molar-refractivity contribution < 1.29 is 35.9 Å². The molecule has 0 saturated heterocycles. The quantitative estimate of drug-likeness (QED) is 0.139. The number of benzene rings is 3. The number of fused-ring (bicyclic) bond motifs is 1. The van der Waals surface area contributed by atoms with Crippen molar-refractivity contribution in [1.82, 2.24) is 9.78 Å². The standard InChI is InChI=1S/C28H20F5N3O3/c1-14-27(15(2)36(35-14)12-19-22(29)24(31)26(33)25(32)23(19)30)34-28(37)21-11-10-17(39-21)13-38-20-9-5-7-16-6-3-4-8-18(16)20/h3-11H,12-13H2,1-2H3,(H,34,37). The SMILES string of the molecule is Cc1nn(Cc2c(F)c(F)c(F)c(F)c2F)c(C)c1NC(=O)c1ccc(COc2cccc3ccccc23)o1. The number of carbonyl (C=O) groups excluding carboxylic acids is 1. The molecule has 11 heteroatoms. The summed E-state index contributed by atoms with van der Waals surface area (Å²) in [5.74, 6) is -9.83. The summed E-state index contributed by atoms with van der Waals surface area (Å²) in [6.45, 7) is 2.32. The fourth-order valence-corrected chi connectivity index (χ4v) is 4.19. The molecule has 6 nitrogen and oxygen atoms in total. The van der Waals surface area contributed by atoms with E-state index in [0.29, 0.717) is 11.5 Å². The summed E-state index contributed by atoms with van der Waals surface area (Å²) >= 11 is 0. The van der Waals surface area contributed by atoms with Gasteiger partial charge in [-0.2, -0.15) is 5.10 Å². The minimum Gasteiger partial charge on any atom is -0.485 e. The highest BCUT2D eigenvalue weighted by molar-refractivity contribution is 6.03. The summed E-state index contributed by atoms with van der Waals surface area (Å²) in [5.41, 5.74) is -0.350. The van der Waals surface area contributed by atoms with E-state index in [1.165, 1.54) is 19.9 Å². The van der Waals surface area contributed by atoms with Gasteiger partial charge in [0.05, 0.1) is 29.2 Å². The second-order valence-corrected chi connectivity index (χ2v) is 8.74. The van der Waals surface area contributed by atoms with E-state index in [1.807, 2.05) is 42.5 Å². The number of rotatable bonds is 7. The van der Waals surface area contributed by atoms with Crippen molar-refractivity contribution in [2.75, 3.05) is 5.32 Å². The molecule has 0 bridgehead atoms. The van der Waals surface area contributed by atoms with Gasteiger partial charge in [-0.1, -0.05) is 36.4 Å². The molecule has 0 saturated carbocycles. The van der Waals surface area contributed by atoms with E-state index in [0.717, 1.165) is 15.5 Å². The summed E-state index contributed by atoms with van der Waals surface area (Å²) in [4.78, 5) is 12.8. The normalized spacial score (nSPS) is 11.3. The van der Waals surface area contributed by atoms with Crippen LogP contribution in [0.25, 0.3) is 10.8 Å². The number of halogens is 5. The van der Waals surface area contributed by atoms with E-state index >= 15 is 0 Å². The van der Waals surface area contributed by atoms with Gasteiger partial charge in [-0.15, -0.1) is 0 Å². The van der Waals surface area contributed by atoms with Crippen LogP contribution in [0.15, 0.2) is 59.0 Å². The highest BCUT2D eigenvalue weighted by atomic mass is 19.2. The first-order chi connectivity index (χ1) is 18.7. The number of amides is 1.